The molecule has 0 amide bonds. The van der Waals surface area contributed by atoms with Crippen molar-refractivity contribution < 1.29 is 0 Å². The fourth-order valence-electron chi connectivity index (χ4n) is 2.87. The molecular weight excluding hydrogens is 256 g/mol. The molecule has 2 nitrogen and oxygen atoms in total. The van der Waals surface area contributed by atoms with Gasteiger partial charge in [-0.05, 0) is 30.5 Å². The highest BCUT2D eigenvalue weighted by atomic mass is 15.1. The summed E-state index contributed by atoms with van der Waals surface area (Å²) in [6, 6.07) is 21.6. The summed E-state index contributed by atoms with van der Waals surface area (Å²) in [5.74, 6) is 0.807. The summed E-state index contributed by atoms with van der Waals surface area (Å²) < 4.78 is 0. The molecule has 21 heavy (non-hydrogen) atoms. The zero-order valence-electron chi connectivity index (χ0n) is 12.5. The molecule has 1 N–H and O–H groups in total. The van der Waals surface area contributed by atoms with Crippen molar-refractivity contribution in [1.29, 1.82) is 0 Å². The Bertz CT molecular complexity index is 520. The monoisotopic (exact) mass is 280 g/mol. The van der Waals surface area contributed by atoms with E-state index in [1.807, 2.05) is 0 Å². The molecule has 0 bridgehead atoms. The van der Waals surface area contributed by atoms with Gasteiger partial charge in [0.1, 0.15) is 0 Å². The van der Waals surface area contributed by atoms with Crippen molar-refractivity contribution in [1.82, 2.24) is 5.32 Å². The predicted octanol–water partition coefficient (Wildman–Crippen LogP) is 3.35. The average molecular weight is 280 g/mol. The second-order valence-electron chi connectivity index (χ2n) is 5.89. The van der Waals surface area contributed by atoms with E-state index < -0.39 is 0 Å². The Morgan fingerprint density at radius 1 is 0.905 bits per heavy atom. The molecule has 1 saturated heterocycles. The van der Waals surface area contributed by atoms with Gasteiger partial charge in [0.15, 0.2) is 0 Å². The summed E-state index contributed by atoms with van der Waals surface area (Å²) in [5, 5.41) is 3.37. The Hall–Kier alpha value is -1.80. The smallest absolute Gasteiger partial charge is 0.0366 e. The lowest BCUT2D eigenvalue weighted by Crippen LogP contribution is -2.48. The van der Waals surface area contributed by atoms with E-state index in [-0.39, 0.29) is 0 Å². The highest BCUT2D eigenvalue weighted by Crippen LogP contribution is 2.18. The van der Waals surface area contributed by atoms with Gasteiger partial charge in [0, 0.05) is 37.8 Å². The van der Waals surface area contributed by atoms with Gasteiger partial charge in [-0.15, -0.1) is 0 Å². The molecule has 3 rings (SSSR count). The van der Waals surface area contributed by atoms with Crippen molar-refractivity contribution in [3.05, 3.63) is 66.2 Å². The molecule has 2 heteroatoms. The van der Waals surface area contributed by atoms with Crippen LogP contribution in [0, 0.1) is 5.92 Å². The van der Waals surface area contributed by atoms with Crippen LogP contribution in [0.4, 0.5) is 5.69 Å². The van der Waals surface area contributed by atoms with Gasteiger partial charge < -0.3 is 10.2 Å². The quantitative estimate of drug-likeness (QED) is 0.837. The van der Waals surface area contributed by atoms with Gasteiger partial charge in [0.2, 0.25) is 0 Å². The first kappa shape index (κ1) is 14.2. The number of anilines is 1. The van der Waals surface area contributed by atoms with Crippen LogP contribution in [0.15, 0.2) is 60.7 Å². The minimum atomic E-state index is 0.807. The predicted molar refractivity (Wildman–Crippen MR) is 89.8 cm³/mol. The van der Waals surface area contributed by atoms with E-state index in [1.54, 1.807) is 0 Å². The van der Waals surface area contributed by atoms with Gasteiger partial charge >= 0.3 is 0 Å². The Kier molecular flexibility index (Phi) is 4.90. The third-order valence-electron chi connectivity index (χ3n) is 4.20. The minimum Gasteiger partial charge on any atom is -0.371 e. The molecular formula is C19H24N2. The summed E-state index contributed by atoms with van der Waals surface area (Å²) >= 11 is 0. The van der Waals surface area contributed by atoms with E-state index in [1.165, 1.54) is 37.3 Å². The Balaban J connectivity index is 1.56. The normalized spacial score (nSPS) is 14.7. The van der Waals surface area contributed by atoms with Gasteiger partial charge in [-0.1, -0.05) is 48.5 Å². The second-order valence-corrected chi connectivity index (χ2v) is 5.89. The minimum absolute atomic E-state index is 0.807. The molecule has 0 atom stereocenters. The number of nitrogens with one attached hydrogen (secondary N) is 1. The van der Waals surface area contributed by atoms with Crippen molar-refractivity contribution in [2.45, 2.75) is 12.8 Å². The van der Waals surface area contributed by atoms with Crippen molar-refractivity contribution in [2.75, 3.05) is 31.1 Å². The van der Waals surface area contributed by atoms with E-state index in [0.717, 1.165) is 18.9 Å². The van der Waals surface area contributed by atoms with Crippen LogP contribution in [0.25, 0.3) is 0 Å². The molecule has 2 aromatic carbocycles. The number of aryl methyl sites for hydroxylation is 1. The average Bonchev–Trinajstić information content (AvgIpc) is 2.51. The topological polar surface area (TPSA) is 15.3 Å². The van der Waals surface area contributed by atoms with Crippen molar-refractivity contribution in [2.24, 2.45) is 5.92 Å². The zero-order valence-corrected chi connectivity index (χ0v) is 12.5. The first-order valence-electron chi connectivity index (χ1n) is 7.96. The number of nitrogens with zero attached hydrogens (tertiary/aromatic N) is 1. The van der Waals surface area contributed by atoms with E-state index in [4.69, 9.17) is 0 Å². The molecule has 1 aliphatic rings. The summed E-state index contributed by atoms with van der Waals surface area (Å²) in [6.45, 7) is 4.64. The van der Waals surface area contributed by atoms with Crippen molar-refractivity contribution >= 4 is 5.69 Å². The molecule has 2 aromatic rings. The van der Waals surface area contributed by atoms with Crippen molar-refractivity contribution in [3.63, 3.8) is 0 Å². The Labute approximate surface area is 127 Å². The number of rotatable bonds is 7. The van der Waals surface area contributed by atoms with E-state index in [2.05, 4.69) is 70.9 Å². The van der Waals surface area contributed by atoms with Crippen molar-refractivity contribution in [3.8, 4) is 0 Å². The maximum Gasteiger partial charge on any atom is 0.0366 e. The molecule has 1 fully saturated rings. The summed E-state index contributed by atoms with van der Waals surface area (Å²) in [7, 11) is 0. The molecule has 0 unspecified atom stereocenters. The first-order valence-corrected chi connectivity index (χ1v) is 7.96. The van der Waals surface area contributed by atoms with Crippen LogP contribution in [0.3, 0.4) is 0 Å². The van der Waals surface area contributed by atoms with Crippen LogP contribution in [-0.4, -0.2) is 26.2 Å². The van der Waals surface area contributed by atoms with E-state index >= 15 is 0 Å². The summed E-state index contributed by atoms with van der Waals surface area (Å²) in [4.78, 5) is 2.55. The summed E-state index contributed by atoms with van der Waals surface area (Å²) in [5.41, 5.74) is 2.80. The number of benzene rings is 2. The second kappa shape index (κ2) is 7.28. The first-order chi connectivity index (χ1) is 10.4. The molecule has 1 aliphatic heterocycles. The SMILES string of the molecule is c1ccc(CCCN(CC2CNC2)c2ccccc2)cc1. The Morgan fingerprint density at radius 2 is 1.57 bits per heavy atom. The molecule has 0 spiro atoms. The van der Waals surface area contributed by atoms with Gasteiger partial charge in [-0.2, -0.15) is 0 Å². The lowest BCUT2D eigenvalue weighted by atomic mass is 10.0. The number of hydrogen-bond donors (Lipinski definition) is 1. The largest absolute Gasteiger partial charge is 0.371 e. The van der Waals surface area contributed by atoms with Crippen LogP contribution < -0.4 is 10.2 Å². The van der Waals surface area contributed by atoms with Crippen LogP contribution in [-0.2, 0) is 6.42 Å². The number of hydrogen-bond acceptors (Lipinski definition) is 2. The van der Waals surface area contributed by atoms with Crippen LogP contribution in [0.2, 0.25) is 0 Å². The highest BCUT2D eigenvalue weighted by Gasteiger charge is 2.20. The maximum absolute atomic E-state index is 3.37. The molecule has 0 aromatic heterocycles. The van der Waals surface area contributed by atoms with E-state index in [9.17, 15) is 0 Å². The highest BCUT2D eigenvalue weighted by molar-refractivity contribution is 5.46. The van der Waals surface area contributed by atoms with Gasteiger partial charge in [-0.3, -0.25) is 0 Å². The fraction of sp³-hybridized carbons (Fsp3) is 0.368. The van der Waals surface area contributed by atoms with E-state index in [0.29, 0.717) is 0 Å². The lowest BCUT2D eigenvalue weighted by molar-refractivity contribution is 0.348. The van der Waals surface area contributed by atoms with Gasteiger partial charge in [-0.25, -0.2) is 0 Å². The van der Waals surface area contributed by atoms with Crippen LogP contribution in [0.5, 0.6) is 0 Å². The zero-order chi connectivity index (χ0) is 14.3. The standard InChI is InChI=1S/C19H24N2/c1-3-8-17(9-4-1)10-7-13-21(16-18-14-20-15-18)19-11-5-2-6-12-19/h1-6,8-9,11-12,18,20H,7,10,13-16H2. The number of para-hydroxylation sites is 1. The molecule has 110 valence electrons. The molecule has 0 radical (unpaired) electrons. The van der Waals surface area contributed by atoms with Gasteiger partial charge in [0.05, 0.1) is 0 Å². The van der Waals surface area contributed by atoms with Crippen LogP contribution >= 0.6 is 0 Å². The lowest BCUT2D eigenvalue weighted by Gasteiger charge is -2.34. The third-order valence-corrected chi connectivity index (χ3v) is 4.20. The van der Waals surface area contributed by atoms with Gasteiger partial charge in [0.25, 0.3) is 0 Å². The third kappa shape index (κ3) is 4.08. The molecule has 1 heterocycles. The molecule has 0 aliphatic carbocycles. The Morgan fingerprint density at radius 3 is 2.19 bits per heavy atom. The molecule has 0 saturated carbocycles. The summed E-state index contributed by atoms with van der Waals surface area (Å²) in [6.07, 6.45) is 2.37. The fourth-order valence-corrected chi connectivity index (χ4v) is 2.87. The van der Waals surface area contributed by atoms with Crippen LogP contribution in [0.1, 0.15) is 12.0 Å². The maximum atomic E-state index is 3.37.